The topological polar surface area (TPSA) is 72.8 Å². The third-order valence-corrected chi connectivity index (χ3v) is 7.53. The number of nitrogens with one attached hydrogen (secondary N) is 1. The maximum atomic E-state index is 12.9. The summed E-state index contributed by atoms with van der Waals surface area (Å²) in [7, 11) is 5.23. The Kier molecular flexibility index (Phi) is 23.5. The summed E-state index contributed by atoms with van der Waals surface area (Å²) in [6.45, 7) is 20.5. The van der Waals surface area contributed by atoms with Crippen molar-refractivity contribution in [3.05, 3.63) is 69.7 Å². The zero-order valence-corrected chi connectivity index (χ0v) is 29.0. The van der Waals surface area contributed by atoms with Crippen LogP contribution in [0.3, 0.4) is 0 Å². The van der Waals surface area contributed by atoms with Gasteiger partial charge in [-0.1, -0.05) is 57.2 Å². The van der Waals surface area contributed by atoms with Gasteiger partial charge in [-0.25, -0.2) is 0 Å². The van der Waals surface area contributed by atoms with Crippen molar-refractivity contribution in [2.75, 3.05) is 47.1 Å². The van der Waals surface area contributed by atoms with Crippen LogP contribution in [0.5, 0.6) is 0 Å². The van der Waals surface area contributed by atoms with E-state index in [-0.39, 0.29) is 11.5 Å². The number of piperidine rings is 1. The first-order chi connectivity index (χ1) is 20.7. The monoisotopic (exact) mass is 601 g/mol. The lowest BCUT2D eigenvalue weighted by Gasteiger charge is -2.29. The summed E-state index contributed by atoms with van der Waals surface area (Å²) < 4.78 is 11.5. The Labute approximate surface area is 263 Å². The van der Waals surface area contributed by atoms with Gasteiger partial charge in [0, 0.05) is 65.4 Å². The predicted octanol–water partition coefficient (Wildman–Crippen LogP) is 6.92. The van der Waals surface area contributed by atoms with Crippen molar-refractivity contribution < 1.29 is 14.3 Å². The van der Waals surface area contributed by atoms with Gasteiger partial charge >= 0.3 is 0 Å². The standard InChI is InChI=1S/C22H36N2O2.C8H11NO.C4H10O.C2H6/c1-4-19(9-7-15-26-3)16-18(2)8-6-14-24(21-11-12-21)22(25)20-10-5-13-23-17-20;1-6-4-5-8(10)9(3)7(6)2;1-3-4-5-2;1-2/h4,8,16,20-21,23H,1,5-7,9-15,17H2,2-3H3;4-5H,1-3H3;3-4H2,1-2H3;1-2H3/b18-8-,19-16+;;;/t20-;;;/m1.../s1. The lowest BCUT2D eigenvalue weighted by Crippen LogP contribution is -2.44. The SMILES string of the molecule is C=C/C(=C\C(C)=C/CCN(C(=O)[C@@H]1CCCNC1)C1CC1)CCCOC.CC.CCCOC.Cc1ccc(=O)n(C)c1C. The van der Waals surface area contributed by atoms with Crippen LogP contribution in [0, 0.1) is 19.8 Å². The van der Waals surface area contributed by atoms with Gasteiger partial charge in [-0.15, -0.1) is 0 Å². The summed E-state index contributed by atoms with van der Waals surface area (Å²) in [5.74, 6) is 0.551. The number of carbonyl (C=O) groups excluding carboxylic acids is 1. The second-order valence-corrected chi connectivity index (χ2v) is 11.1. The molecule has 1 aromatic heterocycles. The molecule has 0 aromatic carbocycles. The largest absolute Gasteiger partial charge is 0.385 e. The molecule has 1 amide bonds. The van der Waals surface area contributed by atoms with Crippen LogP contribution < -0.4 is 10.9 Å². The molecule has 1 aliphatic carbocycles. The number of aromatic nitrogens is 1. The number of hydrogen-bond acceptors (Lipinski definition) is 5. The summed E-state index contributed by atoms with van der Waals surface area (Å²) >= 11 is 0. The first-order valence-corrected chi connectivity index (χ1v) is 16.3. The minimum Gasteiger partial charge on any atom is -0.385 e. The van der Waals surface area contributed by atoms with Crippen molar-refractivity contribution in [3.63, 3.8) is 0 Å². The quantitative estimate of drug-likeness (QED) is 0.196. The lowest BCUT2D eigenvalue weighted by molar-refractivity contribution is -0.136. The van der Waals surface area contributed by atoms with Gasteiger partial charge in [-0.3, -0.25) is 9.59 Å². The van der Waals surface area contributed by atoms with Gasteiger partial charge in [0.15, 0.2) is 0 Å². The average Bonchev–Trinajstić information content (AvgIpc) is 3.87. The number of amides is 1. The van der Waals surface area contributed by atoms with Gasteiger partial charge in [-0.05, 0) is 89.8 Å². The third-order valence-electron chi connectivity index (χ3n) is 7.53. The van der Waals surface area contributed by atoms with E-state index in [0.717, 1.165) is 82.6 Å². The van der Waals surface area contributed by atoms with E-state index in [0.29, 0.717) is 11.9 Å². The molecule has 7 heteroatoms. The van der Waals surface area contributed by atoms with E-state index in [1.54, 1.807) is 31.9 Å². The molecule has 7 nitrogen and oxygen atoms in total. The Morgan fingerprint density at radius 2 is 1.81 bits per heavy atom. The molecular weight excluding hydrogens is 538 g/mol. The molecule has 246 valence electrons. The number of pyridine rings is 1. The molecule has 1 saturated carbocycles. The van der Waals surface area contributed by atoms with Crippen LogP contribution in [0.4, 0.5) is 0 Å². The fourth-order valence-corrected chi connectivity index (χ4v) is 4.66. The van der Waals surface area contributed by atoms with Gasteiger partial charge in [-0.2, -0.15) is 0 Å². The smallest absolute Gasteiger partial charge is 0.250 e. The second-order valence-electron chi connectivity index (χ2n) is 11.1. The molecule has 1 atom stereocenters. The number of hydrogen-bond donors (Lipinski definition) is 1. The van der Waals surface area contributed by atoms with Crippen molar-refractivity contribution in [2.24, 2.45) is 13.0 Å². The highest BCUT2D eigenvalue weighted by molar-refractivity contribution is 5.79. The van der Waals surface area contributed by atoms with E-state index in [1.807, 2.05) is 39.8 Å². The first kappa shape index (κ1) is 40.5. The minimum atomic E-state index is 0.0584. The van der Waals surface area contributed by atoms with Crippen molar-refractivity contribution in [1.29, 1.82) is 0 Å². The van der Waals surface area contributed by atoms with Crippen LogP contribution in [0.15, 0.2) is 52.9 Å². The molecule has 43 heavy (non-hydrogen) atoms. The van der Waals surface area contributed by atoms with Crippen LogP contribution >= 0.6 is 0 Å². The molecule has 2 heterocycles. The highest BCUT2D eigenvalue weighted by Crippen LogP contribution is 2.29. The van der Waals surface area contributed by atoms with Crippen molar-refractivity contribution in [2.45, 2.75) is 99.0 Å². The van der Waals surface area contributed by atoms with E-state index in [4.69, 9.17) is 9.47 Å². The van der Waals surface area contributed by atoms with Gasteiger partial charge in [0.2, 0.25) is 11.5 Å². The highest BCUT2D eigenvalue weighted by Gasteiger charge is 2.35. The fraction of sp³-hybridized carbons (Fsp3) is 0.667. The second kappa shape index (κ2) is 24.9. The molecule has 1 N–H and O–H groups in total. The molecule has 1 aromatic rings. The molecule has 0 unspecified atom stereocenters. The number of rotatable bonds is 13. The van der Waals surface area contributed by atoms with Gasteiger partial charge in [0.25, 0.3) is 0 Å². The number of methoxy groups -OCH3 is 2. The lowest BCUT2D eigenvalue weighted by atomic mass is 9.98. The highest BCUT2D eigenvalue weighted by atomic mass is 16.5. The Morgan fingerprint density at radius 3 is 2.30 bits per heavy atom. The summed E-state index contributed by atoms with van der Waals surface area (Å²) in [5.41, 5.74) is 4.75. The zero-order chi connectivity index (χ0) is 32.6. The molecule has 0 spiro atoms. The van der Waals surface area contributed by atoms with Crippen molar-refractivity contribution in [3.8, 4) is 0 Å². The normalized spacial score (nSPS) is 16.4. The summed E-state index contributed by atoms with van der Waals surface area (Å²) in [6.07, 6.45) is 14.9. The third kappa shape index (κ3) is 17.4. The van der Waals surface area contributed by atoms with Crippen LogP contribution in [0.1, 0.15) is 90.3 Å². The molecule has 0 radical (unpaired) electrons. The van der Waals surface area contributed by atoms with E-state index in [9.17, 15) is 9.59 Å². The average molecular weight is 602 g/mol. The molecule has 2 aliphatic rings. The maximum absolute atomic E-state index is 12.9. The number of aryl methyl sites for hydroxylation is 1. The Bertz CT molecular complexity index is 1020. The van der Waals surface area contributed by atoms with E-state index in [1.165, 1.54) is 24.0 Å². The predicted molar refractivity (Wildman–Crippen MR) is 183 cm³/mol. The van der Waals surface area contributed by atoms with Gasteiger partial charge in [0.05, 0.1) is 5.92 Å². The zero-order valence-electron chi connectivity index (χ0n) is 29.0. The van der Waals surface area contributed by atoms with Crippen LogP contribution in [-0.2, 0) is 21.3 Å². The molecular formula is C36H63N3O4. The summed E-state index contributed by atoms with van der Waals surface area (Å²) in [5, 5.41) is 3.37. The molecule has 2 fully saturated rings. The van der Waals surface area contributed by atoms with Crippen LogP contribution in [0.25, 0.3) is 0 Å². The number of carbonyl (C=O) groups is 1. The minimum absolute atomic E-state index is 0.0584. The van der Waals surface area contributed by atoms with E-state index >= 15 is 0 Å². The summed E-state index contributed by atoms with van der Waals surface area (Å²) in [6, 6.07) is 3.92. The maximum Gasteiger partial charge on any atom is 0.250 e. The molecule has 1 saturated heterocycles. The van der Waals surface area contributed by atoms with Gasteiger partial charge < -0.3 is 24.3 Å². The number of nitrogens with zero attached hydrogens (tertiary/aromatic N) is 2. The number of allylic oxidation sites excluding steroid dienone is 4. The number of ether oxygens (including phenoxy) is 2. The molecule has 3 rings (SSSR count). The van der Waals surface area contributed by atoms with Crippen LogP contribution in [-0.4, -0.2) is 68.5 Å². The Hall–Kier alpha value is -2.48. The molecule has 0 bridgehead atoms. The van der Waals surface area contributed by atoms with E-state index in [2.05, 4.69) is 42.8 Å². The molecule has 1 aliphatic heterocycles. The van der Waals surface area contributed by atoms with E-state index < -0.39 is 0 Å². The van der Waals surface area contributed by atoms with Crippen LogP contribution in [0.2, 0.25) is 0 Å². The van der Waals surface area contributed by atoms with Gasteiger partial charge in [0.1, 0.15) is 0 Å². The fourth-order valence-electron chi connectivity index (χ4n) is 4.66. The Balaban J connectivity index is 0.000000849. The van der Waals surface area contributed by atoms with Crippen molar-refractivity contribution in [1.82, 2.24) is 14.8 Å². The van der Waals surface area contributed by atoms with Crippen molar-refractivity contribution >= 4 is 5.91 Å². The summed E-state index contributed by atoms with van der Waals surface area (Å²) in [4.78, 5) is 26.0. The Morgan fingerprint density at radius 1 is 1.14 bits per heavy atom. The first-order valence-electron chi connectivity index (χ1n) is 16.3.